The third kappa shape index (κ3) is 3.54. The van der Waals surface area contributed by atoms with Gasteiger partial charge >= 0.3 is 0 Å². The predicted molar refractivity (Wildman–Crippen MR) is 88.6 cm³/mol. The molecular weight excluding hydrogens is 282 g/mol. The number of nitrogens with zero attached hydrogens (tertiary/aromatic N) is 1. The Balaban J connectivity index is 1.55. The monoisotopic (exact) mass is 303 g/mol. The van der Waals surface area contributed by atoms with Crippen molar-refractivity contribution in [2.45, 2.75) is 25.4 Å². The molecule has 1 unspecified atom stereocenters. The molecule has 0 radical (unpaired) electrons. The molecule has 1 aromatic heterocycles. The molecule has 1 aliphatic rings. The molecule has 0 saturated heterocycles. The molecule has 4 nitrogen and oxygen atoms in total. The molecule has 5 heteroatoms. The molecule has 1 atom stereocenters. The molecule has 0 amide bonds. The summed E-state index contributed by atoms with van der Waals surface area (Å²) in [5, 5.41) is 14.5. The minimum Gasteiger partial charge on any atom is -0.386 e. The maximum atomic E-state index is 10.2. The molecule has 0 aliphatic heterocycles. The topological polar surface area (TPSA) is 70.6 Å². The number of nitrogens with two attached hydrogens (primary N) is 1. The number of benzene rings is 1. The number of hydrogen-bond acceptors (Lipinski definition) is 3. The lowest BCUT2D eigenvalue weighted by atomic mass is 9.85. The van der Waals surface area contributed by atoms with Crippen molar-refractivity contribution in [3.05, 3.63) is 35.2 Å². The van der Waals surface area contributed by atoms with Crippen molar-refractivity contribution in [3.63, 3.8) is 0 Å². The Kier molecular flexibility index (Phi) is 4.41. The van der Waals surface area contributed by atoms with E-state index in [1.165, 1.54) is 24.0 Å². The van der Waals surface area contributed by atoms with Crippen molar-refractivity contribution in [1.82, 2.24) is 5.32 Å². The maximum Gasteiger partial charge on any atom is 0.188 e. The molecule has 112 valence electrons. The van der Waals surface area contributed by atoms with E-state index in [1.807, 2.05) is 18.2 Å². The highest BCUT2D eigenvalue weighted by atomic mass is 32.1. The molecule has 1 fully saturated rings. The van der Waals surface area contributed by atoms with Crippen LogP contribution in [0.25, 0.3) is 10.1 Å². The van der Waals surface area contributed by atoms with Crippen molar-refractivity contribution in [3.8, 4) is 0 Å². The summed E-state index contributed by atoms with van der Waals surface area (Å²) in [6.45, 7) is 1.20. The van der Waals surface area contributed by atoms with Gasteiger partial charge in [-0.1, -0.05) is 24.6 Å². The van der Waals surface area contributed by atoms with Crippen LogP contribution in [0.15, 0.2) is 35.3 Å². The fraction of sp³-hybridized carbons (Fsp3) is 0.438. The van der Waals surface area contributed by atoms with Crippen LogP contribution in [0.2, 0.25) is 0 Å². The lowest BCUT2D eigenvalue weighted by Gasteiger charge is -2.25. The molecule has 1 aliphatic carbocycles. The van der Waals surface area contributed by atoms with Crippen LogP contribution < -0.4 is 11.1 Å². The average Bonchev–Trinajstić information content (AvgIpc) is 2.87. The predicted octanol–water partition coefficient (Wildman–Crippen LogP) is 2.64. The average molecular weight is 303 g/mol. The van der Waals surface area contributed by atoms with E-state index in [2.05, 4.69) is 22.4 Å². The molecule has 0 bridgehead atoms. The first kappa shape index (κ1) is 14.4. The van der Waals surface area contributed by atoms with Gasteiger partial charge in [0.1, 0.15) is 6.10 Å². The van der Waals surface area contributed by atoms with E-state index in [4.69, 9.17) is 5.73 Å². The first-order chi connectivity index (χ1) is 10.2. The summed E-state index contributed by atoms with van der Waals surface area (Å²) in [4.78, 5) is 5.18. The largest absolute Gasteiger partial charge is 0.386 e. The highest BCUT2D eigenvalue weighted by Gasteiger charge is 2.17. The Labute approximate surface area is 128 Å². The van der Waals surface area contributed by atoms with Crippen LogP contribution in [0.5, 0.6) is 0 Å². The molecule has 1 saturated carbocycles. The Bertz CT molecular complexity index is 600. The molecule has 3 rings (SSSR count). The quantitative estimate of drug-likeness (QED) is 0.587. The van der Waals surface area contributed by atoms with Gasteiger partial charge in [0.2, 0.25) is 0 Å². The maximum absolute atomic E-state index is 10.2. The van der Waals surface area contributed by atoms with Crippen molar-refractivity contribution in [2.24, 2.45) is 16.6 Å². The second-order valence-electron chi connectivity index (χ2n) is 5.61. The highest BCUT2D eigenvalue weighted by molar-refractivity contribution is 7.19. The molecule has 4 N–H and O–H groups in total. The van der Waals surface area contributed by atoms with Crippen LogP contribution in [0, 0.1) is 5.92 Å². The fourth-order valence-electron chi connectivity index (χ4n) is 2.44. The van der Waals surface area contributed by atoms with Gasteiger partial charge in [0.25, 0.3) is 0 Å². The van der Waals surface area contributed by atoms with Crippen LogP contribution in [0.4, 0.5) is 0 Å². The zero-order valence-corrected chi connectivity index (χ0v) is 12.8. The van der Waals surface area contributed by atoms with Crippen LogP contribution >= 0.6 is 11.3 Å². The van der Waals surface area contributed by atoms with Gasteiger partial charge in [0.05, 0.1) is 6.54 Å². The molecule has 2 aromatic rings. The molecule has 0 spiro atoms. The zero-order valence-electron chi connectivity index (χ0n) is 12.0. The summed E-state index contributed by atoms with van der Waals surface area (Å²) in [7, 11) is 0. The minimum atomic E-state index is -0.591. The van der Waals surface area contributed by atoms with Gasteiger partial charge in [-0.15, -0.1) is 11.3 Å². The van der Waals surface area contributed by atoms with Gasteiger partial charge in [-0.25, -0.2) is 0 Å². The summed E-state index contributed by atoms with van der Waals surface area (Å²) in [5.74, 6) is 1.17. The van der Waals surface area contributed by atoms with Gasteiger partial charge in [-0.3, -0.25) is 4.99 Å². The number of guanidine groups is 1. The van der Waals surface area contributed by atoms with Gasteiger partial charge in [-0.05, 0) is 36.3 Å². The van der Waals surface area contributed by atoms with Crippen LogP contribution in [-0.2, 0) is 0 Å². The number of rotatable bonds is 5. The lowest BCUT2D eigenvalue weighted by Crippen LogP contribution is -2.37. The fourth-order valence-corrected chi connectivity index (χ4v) is 3.48. The number of hydrogen-bond donors (Lipinski definition) is 3. The van der Waals surface area contributed by atoms with E-state index in [-0.39, 0.29) is 0 Å². The van der Waals surface area contributed by atoms with E-state index in [0.717, 1.165) is 22.7 Å². The van der Waals surface area contributed by atoms with Gasteiger partial charge in [0.15, 0.2) is 5.96 Å². The molecular formula is C16H21N3OS. The SMILES string of the molecule is NC(=NCC(O)c1cc2ccccc2s1)NCC1CCC1. The van der Waals surface area contributed by atoms with Gasteiger partial charge in [0, 0.05) is 16.1 Å². The minimum absolute atomic E-state index is 0.302. The van der Waals surface area contributed by atoms with Crippen molar-refractivity contribution in [2.75, 3.05) is 13.1 Å². The van der Waals surface area contributed by atoms with Crippen molar-refractivity contribution in [1.29, 1.82) is 0 Å². The van der Waals surface area contributed by atoms with Crippen LogP contribution in [-0.4, -0.2) is 24.2 Å². The second kappa shape index (κ2) is 6.45. The van der Waals surface area contributed by atoms with Crippen LogP contribution in [0.1, 0.15) is 30.2 Å². The summed E-state index contributed by atoms with van der Waals surface area (Å²) in [5.41, 5.74) is 5.83. The number of aliphatic imine (C=N–C) groups is 1. The Morgan fingerprint density at radius 2 is 2.24 bits per heavy atom. The number of fused-ring (bicyclic) bond motifs is 1. The molecule has 21 heavy (non-hydrogen) atoms. The first-order valence-electron chi connectivity index (χ1n) is 7.42. The van der Waals surface area contributed by atoms with E-state index in [9.17, 15) is 5.11 Å². The summed E-state index contributed by atoms with van der Waals surface area (Å²) >= 11 is 1.61. The first-order valence-corrected chi connectivity index (χ1v) is 8.24. The number of thiophene rings is 1. The number of aliphatic hydroxyl groups excluding tert-OH is 1. The standard InChI is InChI=1S/C16H21N3OS/c17-16(18-9-11-4-3-5-11)19-10-13(20)15-8-12-6-1-2-7-14(12)21-15/h1-2,6-8,11,13,20H,3-5,9-10H2,(H3,17,18,19). The molecule has 1 aromatic carbocycles. The zero-order chi connectivity index (χ0) is 14.7. The Morgan fingerprint density at radius 1 is 1.43 bits per heavy atom. The number of aliphatic hydroxyl groups is 1. The summed E-state index contributed by atoms with van der Waals surface area (Å²) in [6.07, 6.45) is 3.30. The van der Waals surface area contributed by atoms with Gasteiger partial charge < -0.3 is 16.2 Å². The van der Waals surface area contributed by atoms with Crippen molar-refractivity contribution >= 4 is 27.4 Å². The second-order valence-corrected chi connectivity index (χ2v) is 6.72. The van der Waals surface area contributed by atoms with E-state index < -0.39 is 6.10 Å². The number of nitrogens with one attached hydrogen (secondary N) is 1. The summed E-state index contributed by atoms with van der Waals surface area (Å²) < 4.78 is 1.19. The Morgan fingerprint density at radius 3 is 2.95 bits per heavy atom. The van der Waals surface area contributed by atoms with Crippen molar-refractivity contribution < 1.29 is 5.11 Å². The molecule has 1 heterocycles. The van der Waals surface area contributed by atoms with E-state index in [0.29, 0.717) is 12.5 Å². The van der Waals surface area contributed by atoms with Crippen LogP contribution in [0.3, 0.4) is 0 Å². The normalized spacial score (nSPS) is 17.7. The highest BCUT2D eigenvalue weighted by Crippen LogP contribution is 2.29. The third-order valence-electron chi connectivity index (χ3n) is 4.00. The summed E-state index contributed by atoms with van der Waals surface area (Å²) in [6, 6.07) is 10.2. The van der Waals surface area contributed by atoms with E-state index in [1.54, 1.807) is 11.3 Å². The van der Waals surface area contributed by atoms with Gasteiger partial charge in [-0.2, -0.15) is 0 Å². The third-order valence-corrected chi connectivity index (χ3v) is 5.22. The van der Waals surface area contributed by atoms with E-state index >= 15 is 0 Å². The lowest BCUT2D eigenvalue weighted by molar-refractivity contribution is 0.191. The smallest absolute Gasteiger partial charge is 0.188 e. The Hall–Kier alpha value is -1.59.